The molecule has 2 heterocycles. The van der Waals surface area contributed by atoms with Crippen LogP contribution in [0.4, 0.5) is 22.7 Å². The van der Waals surface area contributed by atoms with Crippen LogP contribution in [0.2, 0.25) is 0 Å². The second-order valence-corrected chi connectivity index (χ2v) is 11.6. The Labute approximate surface area is 282 Å². The zero-order valence-electron chi connectivity index (χ0n) is 26.0. The molecule has 0 N–H and O–H groups in total. The van der Waals surface area contributed by atoms with Crippen LogP contribution >= 0.6 is 0 Å². The van der Waals surface area contributed by atoms with Gasteiger partial charge < -0.3 is 18.9 Å². The molecule has 0 atom stereocenters. The molecule has 0 saturated heterocycles. The minimum absolute atomic E-state index is 0.0198. The average molecular weight is 639 g/mol. The first-order valence-corrected chi connectivity index (χ1v) is 15.8. The van der Waals surface area contributed by atoms with Gasteiger partial charge in [0, 0.05) is 0 Å². The van der Waals surface area contributed by atoms with Crippen molar-refractivity contribution in [2.45, 2.75) is 5.41 Å². The number of ether oxygens (including phenoxy) is 4. The van der Waals surface area contributed by atoms with Gasteiger partial charge in [-0.05, 0) is 81.9 Å². The molecule has 3 aliphatic rings. The van der Waals surface area contributed by atoms with Gasteiger partial charge >= 0.3 is 0 Å². The summed E-state index contributed by atoms with van der Waals surface area (Å²) < 4.78 is 24.5. The number of fused-ring (bicyclic) bond motifs is 7. The molecule has 234 valence electrons. The van der Waals surface area contributed by atoms with Crippen LogP contribution in [-0.2, 0) is 5.41 Å². The third-order valence-corrected chi connectivity index (χ3v) is 9.01. The van der Waals surface area contributed by atoms with Gasteiger partial charge in [0.15, 0.2) is 11.5 Å². The molecule has 8 nitrogen and oxygen atoms in total. The van der Waals surface area contributed by atoms with E-state index in [1.54, 1.807) is 0 Å². The molecule has 0 saturated carbocycles. The van der Waals surface area contributed by atoms with Crippen molar-refractivity contribution in [2.24, 2.45) is 20.0 Å². The van der Waals surface area contributed by atoms with Crippen molar-refractivity contribution in [2.75, 3.05) is 13.6 Å². The summed E-state index contributed by atoms with van der Waals surface area (Å²) in [6.45, 7) is -0.0396. The molecular weight excluding hydrogens is 612 g/mol. The standard InChI is InChI=1S/C41H26N4O4/c1-3-11-31-29(9-1)30-10-2-4-12-32(30)41(31,27-17-19-35-39(21-27)48-25-46-37-15-7-5-13-33(37)42-23-44-35)28-18-20-36-40(22-28)49-26-47-38-16-8-6-14-34(38)43-24-45-36/h1-22H,25-26H2. The number of aliphatic imine (C=N–C) groups is 4. The Morgan fingerprint density at radius 1 is 0.408 bits per heavy atom. The van der Waals surface area contributed by atoms with Crippen molar-refractivity contribution in [1.29, 1.82) is 0 Å². The molecule has 6 aromatic carbocycles. The minimum atomic E-state index is -0.759. The Hall–Kier alpha value is -6.72. The lowest BCUT2D eigenvalue weighted by molar-refractivity contribution is 0.120. The maximum absolute atomic E-state index is 6.28. The summed E-state index contributed by atoms with van der Waals surface area (Å²) in [5.74, 6) is 2.27. The zero-order valence-corrected chi connectivity index (χ0v) is 26.0. The molecule has 0 spiro atoms. The second-order valence-electron chi connectivity index (χ2n) is 11.6. The van der Waals surface area contributed by atoms with Crippen LogP contribution in [0.1, 0.15) is 22.3 Å². The van der Waals surface area contributed by atoms with Gasteiger partial charge in [0.05, 0.1) is 5.41 Å². The van der Waals surface area contributed by atoms with Crippen LogP contribution in [0.25, 0.3) is 11.1 Å². The summed E-state index contributed by atoms with van der Waals surface area (Å²) in [5, 5.41) is 0. The smallest absolute Gasteiger partial charge is 0.231 e. The summed E-state index contributed by atoms with van der Waals surface area (Å²) in [4.78, 5) is 17.9. The van der Waals surface area contributed by atoms with E-state index in [1.807, 2.05) is 72.8 Å². The Balaban J connectivity index is 1.24. The highest BCUT2D eigenvalue weighted by Crippen LogP contribution is 2.57. The number of hydrogen-bond donors (Lipinski definition) is 0. The van der Waals surface area contributed by atoms with Crippen LogP contribution in [0, 0.1) is 0 Å². The lowest BCUT2D eigenvalue weighted by Crippen LogP contribution is -2.28. The Morgan fingerprint density at radius 3 is 1.29 bits per heavy atom. The topological polar surface area (TPSA) is 86.4 Å². The molecule has 0 amide bonds. The van der Waals surface area contributed by atoms with Gasteiger partial charge in [0.25, 0.3) is 0 Å². The minimum Gasteiger partial charge on any atom is -0.455 e. The number of benzene rings is 6. The SMILES string of the molecule is C1=Nc2ccccc2OCOc2cc(C3(c4ccc5c(c4)OCOc4ccccc4N=C=N5)c4ccccc4-c4ccccc43)ccc2N=1. The molecule has 0 radical (unpaired) electrons. The Bertz CT molecular complexity index is 2240. The fourth-order valence-corrected chi connectivity index (χ4v) is 6.86. The first-order valence-electron chi connectivity index (χ1n) is 15.8. The lowest BCUT2D eigenvalue weighted by Gasteiger charge is -2.34. The van der Waals surface area contributed by atoms with Gasteiger partial charge in [-0.1, -0.05) is 84.9 Å². The molecule has 9 rings (SSSR count). The van der Waals surface area contributed by atoms with E-state index in [9.17, 15) is 0 Å². The summed E-state index contributed by atoms with van der Waals surface area (Å²) in [6.07, 6.45) is 0. The van der Waals surface area contributed by atoms with Gasteiger partial charge in [-0.15, -0.1) is 0 Å². The van der Waals surface area contributed by atoms with Crippen molar-refractivity contribution < 1.29 is 18.9 Å². The Kier molecular flexibility index (Phi) is 6.87. The van der Waals surface area contributed by atoms with Gasteiger partial charge in [-0.25, -0.2) is 0 Å². The molecule has 6 aromatic rings. The van der Waals surface area contributed by atoms with E-state index in [1.165, 1.54) is 0 Å². The largest absolute Gasteiger partial charge is 0.455 e. The summed E-state index contributed by atoms with van der Waals surface area (Å²) in [5.41, 5.74) is 8.18. The first-order chi connectivity index (χ1) is 24.3. The third kappa shape index (κ3) is 4.79. The fraction of sp³-hybridized carbons (Fsp3) is 0.0732. The maximum Gasteiger partial charge on any atom is 0.231 e. The Morgan fingerprint density at radius 2 is 0.796 bits per heavy atom. The summed E-state index contributed by atoms with van der Waals surface area (Å²) >= 11 is 0. The van der Waals surface area contributed by atoms with E-state index in [-0.39, 0.29) is 13.6 Å². The highest BCUT2D eigenvalue weighted by molar-refractivity contribution is 5.87. The monoisotopic (exact) mass is 638 g/mol. The van der Waals surface area contributed by atoms with Crippen molar-refractivity contribution in [1.82, 2.24) is 0 Å². The van der Waals surface area contributed by atoms with Gasteiger partial charge in [-0.3, -0.25) is 0 Å². The van der Waals surface area contributed by atoms with E-state index in [4.69, 9.17) is 18.9 Å². The molecule has 0 unspecified atom stereocenters. The van der Waals surface area contributed by atoms with Crippen molar-refractivity contribution in [3.63, 3.8) is 0 Å². The zero-order chi connectivity index (χ0) is 32.6. The molecule has 0 bridgehead atoms. The van der Waals surface area contributed by atoms with Crippen molar-refractivity contribution in [3.8, 4) is 34.1 Å². The van der Waals surface area contributed by atoms with Gasteiger partial charge in [-0.2, -0.15) is 20.0 Å². The highest BCUT2D eigenvalue weighted by Gasteiger charge is 2.46. The molecular formula is C41H26N4O4. The summed E-state index contributed by atoms with van der Waals surface area (Å²) in [7, 11) is 0. The van der Waals surface area contributed by atoms with E-state index < -0.39 is 5.41 Å². The maximum atomic E-state index is 6.28. The predicted molar refractivity (Wildman–Crippen MR) is 187 cm³/mol. The molecule has 2 aliphatic heterocycles. The van der Waals surface area contributed by atoms with Crippen LogP contribution in [0.5, 0.6) is 23.0 Å². The van der Waals surface area contributed by atoms with E-state index in [2.05, 4.69) is 92.7 Å². The van der Waals surface area contributed by atoms with Crippen LogP contribution in [0.15, 0.2) is 153 Å². The molecule has 0 aromatic heterocycles. The van der Waals surface area contributed by atoms with Crippen molar-refractivity contribution in [3.05, 3.63) is 156 Å². The highest BCUT2D eigenvalue weighted by atomic mass is 16.7. The van der Waals surface area contributed by atoms with E-state index >= 15 is 0 Å². The summed E-state index contributed by atoms with van der Waals surface area (Å²) in [6, 6.07) is 49.7. The predicted octanol–water partition coefficient (Wildman–Crippen LogP) is 9.78. The van der Waals surface area contributed by atoms with Crippen LogP contribution < -0.4 is 18.9 Å². The first kappa shape index (κ1) is 28.5. The fourth-order valence-electron chi connectivity index (χ4n) is 6.86. The van der Waals surface area contributed by atoms with Crippen LogP contribution in [0.3, 0.4) is 0 Å². The van der Waals surface area contributed by atoms with Crippen molar-refractivity contribution >= 4 is 34.8 Å². The van der Waals surface area contributed by atoms with E-state index in [0.717, 1.165) is 33.4 Å². The number of rotatable bonds is 2. The molecule has 1 aliphatic carbocycles. The number of nitrogens with zero attached hydrogens (tertiary/aromatic N) is 4. The molecule has 8 heteroatoms. The third-order valence-electron chi connectivity index (χ3n) is 9.01. The number of hydrogen-bond acceptors (Lipinski definition) is 8. The lowest BCUT2D eigenvalue weighted by atomic mass is 9.67. The number of para-hydroxylation sites is 4. The van der Waals surface area contributed by atoms with Gasteiger partial charge in [0.1, 0.15) is 46.3 Å². The van der Waals surface area contributed by atoms with Crippen LogP contribution in [-0.4, -0.2) is 25.6 Å². The molecule has 0 fully saturated rings. The quantitative estimate of drug-likeness (QED) is 0.189. The normalized spacial score (nSPS) is 14.6. The average Bonchev–Trinajstić information content (AvgIpc) is 3.45. The molecule has 49 heavy (non-hydrogen) atoms. The second kappa shape index (κ2) is 11.8. The van der Waals surface area contributed by atoms with Gasteiger partial charge in [0.2, 0.25) is 13.6 Å². The van der Waals surface area contributed by atoms with E-state index in [0.29, 0.717) is 45.7 Å².